The third-order valence-corrected chi connectivity index (χ3v) is 3.54. The Morgan fingerprint density at radius 3 is 2.47 bits per heavy atom. The molecule has 2 heterocycles. The molecule has 0 aromatic rings. The van der Waals surface area contributed by atoms with E-state index in [0.29, 0.717) is 6.61 Å². The van der Waals surface area contributed by atoms with E-state index in [1.54, 1.807) is 0 Å². The number of aliphatic hydroxyl groups excluding tert-OH is 2. The molecule has 2 bridgehead atoms. The second-order valence-corrected chi connectivity index (χ2v) is 9.51. The molecule has 2 saturated heterocycles. The zero-order chi connectivity index (χ0) is 11.2. The van der Waals surface area contributed by atoms with Crippen LogP contribution in [0, 0.1) is 0 Å². The van der Waals surface area contributed by atoms with E-state index in [1.165, 1.54) is 0 Å². The van der Waals surface area contributed by atoms with Gasteiger partial charge in [0.05, 0.1) is 6.61 Å². The van der Waals surface area contributed by atoms with Gasteiger partial charge in [-0.2, -0.15) is 0 Å². The Kier molecular flexibility index (Phi) is 2.91. The third kappa shape index (κ3) is 2.25. The summed E-state index contributed by atoms with van der Waals surface area (Å²) in [6, 6.07) is 0. The maximum absolute atomic E-state index is 9.87. The summed E-state index contributed by atoms with van der Waals surface area (Å²) >= 11 is 0. The van der Waals surface area contributed by atoms with E-state index in [4.69, 9.17) is 13.9 Å². The summed E-state index contributed by atoms with van der Waals surface area (Å²) in [5.41, 5.74) is 0. The smallest absolute Gasteiger partial charge is 0.185 e. The van der Waals surface area contributed by atoms with Gasteiger partial charge in [0, 0.05) is 0 Å². The lowest BCUT2D eigenvalue weighted by molar-refractivity contribution is -0.222. The largest absolute Gasteiger partial charge is 0.407 e. The molecule has 2 aliphatic rings. The minimum Gasteiger partial charge on any atom is -0.407 e. The average Bonchev–Trinajstić information content (AvgIpc) is 2.54. The van der Waals surface area contributed by atoms with Crippen molar-refractivity contribution >= 4 is 8.32 Å². The predicted molar refractivity (Wildman–Crippen MR) is 54.8 cm³/mol. The molecular weight excluding hydrogens is 216 g/mol. The topological polar surface area (TPSA) is 68.2 Å². The Balaban J connectivity index is 2.09. The molecule has 0 amide bonds. The summed E-state index contributed by atoms with van der Waals surface area (Å²) in [6.45, 7) is 6.39. The van der Waals surface area contributed by atoms with Gasteiger partial charge in [-0.05, 0) is 19.6 Å². The van der Waals surface area contributed by atoms with E-state index < -0.39 is 39.0 Å². The summed E-state index contributed by atoms with van der Waals surface area (Å²) in [5, 5.41) is 19.6. The van der Waals surface area contributed by atoms with Crippen molar-refractivity contribution in [2.45, 2.75) is 50.3 Å². The fourth-order valence-corrected chi connectivity index (χ4v) is 2.97. The van der Waals surface area contributed by atoms with Crippen LogP contribution < -0.4 is 0 Å². The lowest BCUT2D eigenvalue weighted by atomic mass is 10.0. The van der Waals surface area contributed by atoms with Crippen LogP contribution in [0.5, 0.6) is 0 Å². The van der Waals surface area contributed by atoms with Gasteiger partial charge in [0.1, 0.15) is 24.4 Å². The first-order valence-electron chi connectivity index (χ1n) is 5.19. The molecule has 0 aromatic carbocycles. The molecule has 2 fully saturated rings. The molecule has 0 aromatic heterocycles. The first kappa shape index (κ1) is 11.5. The van der Waals surface area contributed by atoms with Crippen molar-refractivity contribution in [3.8, 4) is 0 Å². The fraction of sp³-hybridized carbons (Fsp3) is 1.00. The molecule has 2 rings (SSSR count). The quantitative estimate of drug-likeness (QED) is 0.641. The van der Waals surface area contributed by atoms with Crippen molar-refractivity contribution in [3.63, 3.8) is 0 Å². The van der Waals surface area contributed by atoms with Gasteiger partial charge in [0.2, 0.25) is 0 Å². The van der Waals surface area contributed by atoms with Crippen LogP contribution in [0.25, 0.3) is 0 Å². The Hall–Kier alpha value is 0.0169. The number of aliphatic hydroxyl groups is 2. The maximum atomic E-state index is 9.87. The highest BCUT2D eigenvalue weighted by atomic mass is 28.4. The monoisotopic (exact) mass is 234 g/mol. The van der Waals surface area contributed by atoms with Crippen LogP contribution in [-0.2, 0) is 13.9 Å². The molecule has 0 saturated carbocycles. The summed E-state index contributed by atoms with van der Waals surface area (Å²) < 4.78 is 16.5. The van der Waals surface area contributed by atoms with Crippen molar-refractivity contribution in [2.24, 2.45) is 0 Å². The number of hydrogen-bond donors (Lipinski definition) is 2. The fourth-order valence-electron chi connectivity index (χ4n) is 1.90. The summed E-state index contributed by atoms with van der Waals surface area (Å²) in [6.07, 6.45) is -3.33. The molecule has 5 atom stereocenters. The highest BCUT2D eigenvalue weighted by Gasteiger charge is 2.51. The van der Waals surface area contributed by atoms with Crippen LogP contribution in [0.1, 0.15) is 0 Å². The van der Waals surface area contributed by atoms with E-state index in [0.717, 1.165) is 0 Å². The minimum atomic E-state index is -1.79. The summed E-state index contributed by atoms with van der Waals surface area (Å²) in [4.78, 5) is 0. The first-order valence-corrected chi connectivity index (χ1v) is 8.60. The van der Waals surface area contributed by atoms with Crippen LogP contribution in [0.2, 0.25) is 19.6 Å². The Bertz CT molecular complexity index is 241. The molecule has 2 aliphatic heterocycles. The van der Waals surface area contributed by atoms with Gasteiger partial charge >= 0.3 is 0 Å². The Morgan fingerprint density at radius 2 is 1.87 bits per heavy atom. The highest BCUT2D eigenvalue weighted by molar-refractivity contribution is 6.69. The molecule has 0 unspecified atom stereocenters. The molecule has 0 spiro atoms. The summed E-state index contributed by atoms with van der Waals surface area (Å²) in [5.74, 6) is 0. The van der Waals surface area contributed by atoms with Crippen LogP contribution in [-0.4, -0.2) is 55.8 Å². The van der Waals surface area contributed by atoms with Crippen LogP contribution >= 0.6 is 0 Å². The van der Waals surface area contributed by atoms with Crippen LogP contribution in [0.15, 0.2) is 0 Å². The molecular formula is C9H18O5Si. The molecule has 15 heavy (non-hydrogen) atoms. The van der Waals surface area contributed by atoms with Gasteiger partial charge in [-0.3, -0.25) is 0 Å². The maximum Gasteiger partial charge on any atom is 0.185 e. The number of rotatable bonds is 2. The lowest BCUT2D eigenvalue weighted by Gasteiger charge is -2.38. The molecule has 0 aliphatic carbocycles. The summed E-state index contributed by atoms with van der Waals surface area (Å²) in [7, 11) is -1.79. The van der Waals surface area contributed by atoms with Crippen LogP contribution in [0.4, 0.5) is 0 Å². The molecule has 88 valence electrons. The van der Waals surface area contributed by atoms with Gasteiger partial charge in [0.25, 0.3) is 0 Å². The van der Waals surface area contributed by atoms with Crippen molar-refractivity contribution < 1.29 is 24.1 Å². The molecule has 5 nitrogen and oxygen atoms in total. The second-order valence-electron chi connectivity index (χ2n) is 5.05. The van der Waals surface area contributed by atoms with Crippen molar-refractivity contribution in [1.82, 2.24) is 0 Å². The number of ether oxygens (including phenoxy) is 2. The van der Waals surface area contributed by atoms with E-state index in [2.05, 4.69) is 0 Å². The zero-order valence-electron chi connectivity index (χ0n) is 9.21. The van der Waals surface area contributed by atoms with Gasteiger partial charge < -0.3 is 24.1 Å². The van der Waals surface area contributed by atoms with Gasteiger partial charge in [0.15, 0.2) is 14.6 Å². The molecule has 0 radical (unpaired) electrons. The van der Waals surface area contributed by atoms with E-state index in [1.807, 2.05) is 19.6 Å². The Morgan fingerprint density at radius 1 is 1.20 bits per heavy atom. The SMILES string of the molecule is C[Si](C)(C)O[C@H]1[C@@H]2OC[C@@H](O2)[C@@H](O)[C@@H]1O. The third-order valence-electron chi connectivity index (χ3n) is 2.56. The van der Waals surface area contributed by atoms with E-state index in [9.17, 15) is 10.2 Å². The lowest BCUT2D eigenvalue weighted by Crippen LogP contribution is -2.57. The molecule has 2 N–H and O–H groups in total. The predicted octanol–water partition coefficient (Wildman–Crippen LogP) is -0.317. The van der Waals surface area contributed by atoms with Gasteiger partial charge in [-0.25, -0.2) is 0 Å². The van der Waals surface area contributed by atoms with Crippen molar-refractivity contribution in [3.05, 3.63) is 0 Å². The van der Waals surface area contributed by atoms with Gasteiger partial charge in [-0.15, -0.1) is 0 Å². The second kappa shape index (κ2) is 3.79. The highest BCUT2D eigenvalue weighted by Crippen LogP contribution is 2.31. The normalized spacial score (nSPS) is 45.8. The number of hydrogen-bond acceptors (Lipinski definition) is 5. The Labute approximate surface area is 90.1 Å². The standard InChI is InChI=1S/C9H18O5Si/c1-15(2,3)14-8-7(11)6(10)5-4-12-9(8)13-5/h5-11H,4H2,1-3H3/t5-,6-,7+,8-,9-/m1/s1. The molecule has 6 heteroatoms. The number of fused-ring (bicyclic) bond motifs is 2. The van der Waals surface area contributed by atoms with Crippen LogP contribution in [0.3, 0.4) is 0 Å². The van der Waals surface area contributed by atoms with E-state index >= 15 is 0 Å². The van der Waals surface area contributed by atoms with Gasteiger partial charge in [-0.1, -0.05) is 0 Å². The first-order chi connectivity index (χ1) is 6.88. The van der Waals surface area contributed by atoms with Crippen molar-refractivity contribution in [1.29, 1.82) is 0 Å². The minimum absolute atomic E-state index is 0.328. The van der Waals surface area contributed by atoms with E-state index in [-0.39, 0.29) is 0 Å². The average molecular weight is 234 g/mol. The zero-order valence-corrected chi connectivity index (χ0v) is 10.2. The van der Waals surface area contributed by atoms with Crippen molar-refractivity contribution in [2.75, 3.05) is 6.61 Å².